The van der Waals surface area contributed by atoms with Crippen LogP contribution in [0.2, 0.25) is 39.3 Å². The van der Waals surface area contributed by atoms with Crippen LogP contribution in [0.4, 0.5) is 0 Å². The third-order valence-corrected chi connectivity index (χ3v) is 3.24. The van der Waals surface area contributed by atoms with Gasteiger partial charge >= 0.3 is 0 Å². The standard InChI is InChI=1S/C11H27NOSi2/c1-10(2)9-11(12-14(3,4)5)13-15(6,7)8/h10H,9H2,1-8H3/b12-11-. The van der Waals surface area contributed by atoms with Gasteiger partial charge in [-0.1, -0.05) is 13.8 Å². The number of nitrogens with zero attached hydrogens (tertiary/aromatic N) is 1. The van der Waals surface area contributed by atoms with Crippen molar-refractivity contribution < 1.29 is 4.43 Å². The van der Waals surface area contributed by atoms with Gasteiger partial charge in [0.15, 0.2) is 14.1 Å². The predicted molar refractivity (Wildman–Crippen MR) is 74.7 cm³/mol. The van der Waals surface area contributed by atoms with Gasteiger partial charge in [0.1, 0.15) is 0 Å². The molecule has 2 nitrogen and oxygen atoms in total. The quantitative estimate of drug-likeness (QED) is 0.415. The van der Waals surface area contributed by atoms with Crippen LogP contribution in [0.15, 0.2) is 4.66 Å². The largest absolute Gasteiger partial charge is 0.535 e. The molecule has 0 rings (SSSR count). The van der Waals surface area contributed by atoms with E-state index in [0.29, 0.717) is 5.92 Å². The maximum absolute atomic E-state index is 6.05. The lowest BCUT2D eigenvalue weighted by Crippen LogP contribution is -2.32. The minimum atomic E-state index is -1.50. The summed E-state index contributed by atoms with van der Waals surface area (Å²) in [5, 5.41) is 0. The fourth-order valence-electron chi connectivity index (χ4n) is 1.19. The predicted octanol–water partition coefficient (Wildman–Crippen LogP) is 4.12. The van der Waals surface area contributed by atoms with E-state index in [1.54, 1.807) is 0 Å². The second-order valence-electron chi connectivity index (χ2n) is 6.49. The van der Waals surface area contributed by atoms with Gasteiger partial charge in [-0.05, 0) is 45.2 Å². The van der Waals surface area contributed by atoms with Crippen LogP contribution < -0.4 is 0 Å². The summed E-state index contributed by atoms with van der Waals surface area (Å²) in [5.41, 5.74) is 0. The third-order valence-electron chi connectivity index (χ3n) is 1.47. The van der Waals surface area contributed by atoms with Gasteiger partial charge < -0.3 is 4.43 Å². The van der Waals surface area contributed by atoms with Crippen molar-refractivity contribution in [1.29, 1.82) is 0 Å². The second kappa shape index (κ2) is 5.30. The summed E-state index contributed by atoms with van der Waals surface area (Å²) in [6.07, 6.45) is 0.981. The Labute approximate surface area is 97.4 Å². The lowest BCUT2D eigenvalue weighted by Gasteiger charge is -2.24. The topological polar surface area (TPSA) is 21.6 Å². The van der Waals surface area contributed by atoms with E-state index in [4.69, 9.17) is 9.08 Å². The highest BCUT2D eigenvalue weighted by atomic mass is 28.4. The van der Waals surface area contributed by atoms with Gasteiger partial charge in [-0.25, -0.2) is 0 Å². The second-order valence-corrected chi connectivity index (χ2v) is 15.5. The van der Waals surface area contributed by atoms with Gasteiger partial charge in [-0.15, -0.1) is 0 Å². The summed E-state index contributed by atoms with van der Waals surface area (Å²) in [6.45, 7) is 17.8. The summed E-state index contributed by atoms with van der Waals surface area (Å²) in [5.74, 6) is 1.62. The molecule has 0 aromatic rings. The zero-order valence-electron chi connectivity index (χ0n) is 11.6. The molecule has 15 heavy (non-hydrogen) atoms. The lowest BCUT2D eigenvalue weighted by molar-refractivity contribution is 0.507. The number of hydrogen-bond donors (Lipinski definition) is 0. The minimum absolute atomic E-state index is 0.622. The van der Waals surface area contributed by atoms with Crippen molar-refractivity contribution >= 4 is 22.5 Å². The first-order valence-corrected chi connectivity index (χ1v) is 12.6. The monoisotopic (exact) mass is 245 g/mol. The molecule has 4 heteroatoms. The molecule has 0 fully saturated rings. The van der Waals surface area contributed by atoms with Crippen molar-refractivity contribution in [3.05, 3.63) is 0 Å². The molecule has 0 N–H and O–H groups in total. The van der Waals surface area contributed by atoms with Crippen molar-refractivity contribution in [2.45, 2.75) is 59.6 Å². The fraction of sp³-hybridized carbons (Fsp3) is 0.909. The van der Waals surface area contributed by atoms with E-state index in [2.05, 4.69) is 53.1 Å². The first kappa shape index (κ1) is 14.9. The molecule has 0 spiro atoms. The molecule has 0 heterocycles. The molecule has 0 aliphatic carbocycles. The van der Waals surface area contributed by atoms with Gasteiger partial charge in [-0.2, -0.15) is 0 Å². The van der Waals surface area contributed by atoms with Gasteiger partial charge in [0.25, 0.3) is 0 Å². The fourth-order valence-corrected chi connectivity index (χ4v) is 3.00. The van der Waals surface area contributed by atoms with Crippen LogP contribution in [0.1, 0.15) is 20.3 Å². The van der Waals surface area contributed by atoms with E-state index in [1.807, 2.05) is 0 Å². The SMILES string of the molecule is CC(C)C/C(=N/[Si](C)(C)C)O[Si](C)(C)C. The minimum Gasteiger partial charge on any atom is -0.535 e. The molecular formula is C11H27NOSi2. The molecule has 0 radical (unpaired) electrons. The normalized spacial score (nSPS) is 14.6. The number of rotatable bonds is 4. The van der Waals surface area contributed by atoms with E-state index in [9.17, 15) is 0 Å². The molecule has 0 aromatic heterocycles. The Bertz CT molecular complexity index is 224. The van der Waals surface area contributed by atoms with Crippen molar-refractivity contribution in [1.82, 2.24) is 0 Å². The Balaban J connectivity index is 4.67. The van der Waals surface area contributed by atoms with Crippen LogP contribution >= 0.6 is 0 Å². The molecule has 90 valence electrons. The van der Waals surface area contributed by atoms with Crippen molar-refractivity contribution in [2.75, 3.05) is 0 Å². The van der Waals surface area contributed by atoms with Crippen LogP contribution in [0.3, 0.4) is 0 Å². The first-order valence-electron chi connectivity index (χ1n) is 5.77. The Hall–Kier alpha value is -0.0962. The van der Waals surface area contributed by atoms with E-state index in [-0.39, 0.29) is 0 Å². The molecule has 0 saturated heterocycles. The van der Waals surface area contributed by atoms with Crippen molar-refractivity contribution in [3.63, 3.8) is 0 Å². The Kier molecular flexibility index (Phi) is 5.26. The average Bonchev–Trinajstić information content (AvgIpc) is 1.73. The molecule has 0 unspecified atom stereocenters. The maximum atomic E-state index is 6.05. The van der Waals surface area contributed by atoms with E-state index in [0.717, 1.165) is 12.3 Å². The maximum Gasteiger partial charge on any atom is 0.243 e. The molecular weight excluding hydrogens is 218 g/mol. The Morgan fingerprint density at radius 3 is 1.80 bits per heavy atom. The summed E-state index contributed by atoms with van der Waals surface area (Å²) >= 11 is 0. The molecule has 0 aliphatic heterocycles. The van der Waals surface area contributed by atoms with Crippen LogP contribution in [0.25, 0.3) is 0 Å². The summed E-state index contributed by atoms with van der Waals surface area (Å²) in [4.78, 5) is 0. The zero-order chi connectivity index (χ0) is 12.3. The molecule has 0 aromatic carbocycles. The Morgan fingerprint density at radius 2 is 1.53 bits per heavy atom. The highest BCUT2D eigenvalue weighted by molar-refractivity contribution is 6.76. The van der Waals surface area contributed by atoms with Gasteiger partial charge in [0.2, 0.25) is 8.32 Å². The van der Waals surface area contributed by atoms with E-state index >= 15 is 0 Å². The van der Waals surface area contributed by atoms with Crippen LogP contribution in [0, 0.1) is 5.92 Å². The molecule has 0 amide bonds. The summed E-state index contributed by atoms with van der Waals surface area (Å²) < 4.78 is 10.9. The van der Waals surface area contributed by atoms with Gasteiger partial charge in [-0.3, -0.25) is 4.66 Å². The van der Waals surface area contributed by atoms with Crippen LogP contribution in [-0.4, -0.2) is 22.5 Å². The summed E-state index contributed by atoms with van der Waals surface area (Å²) in [6, 6.07) is 0. The molecule has 0 bridgehead atoms. The summed E-state index contributed by atoms with van der Waals surface area (Å²) in [7, 11) is -2.90. The highest BCUT2D eigenvalue weighted by Crippen LogP contribution is 2.13. The third kappa shape index (κ3) is 10.2. The van der Waals surface area contributed by atoms with E-state index < -0.39 is 16.6 Å². The van der Waals surface area contributed by atoms with Gasteiger partial charge in [0.05, 0.1) is 0 Å². The molecule has 0 atom stereocenters. The van der Waals surface area contributed by atoms with Crippen LogP contribution in [0.5, 0.6) is 0 Å². The van der Waals surface area contributed by atoms with Crippen molar-refractivity contribution in [2.24, 2.45) is 10.6 Å². The highest BCUT2D eigenvalue weighted by Gasteiger charge is 2.21. The van der Waals surface area contributed by atoms with Crippen molar-refractivity contribution in [3.8, 4) is 0 Å². The Morgan fingerprint density at radius 1 is 1.07 bits per heavy atom. The smallest absolute Gasteiger partial charge is 0.243 e. The van der Waals surface area contributed by atoms with Gasteiger partial charge in [0, 0.05) is 6.42 Å². The van der Waals surface area contributed by atoms with Crippen LogP contribution in [-0.2, 0) is 4.43 Å². The number of hydrogen-bond acceptors (Lipinski definition) is 2. The van der Waals surface area contributed by atoms with E-state index in [1.165, 1.54) is 0 Å². The molecule has 0 saturated carbocycles. The first-order chi connectivity index (χ1) is 6.49. The lowest BCUT2D eigenvalue weighted by atomic mass is 10.1. The molecule has 0 aliphatic rings. The zero-order valence-corrected chi connectivity index (χ0v) is 13.6. The average molecular weight is 246 g/mol.